The fraction of sp³-hybridized carbons (Fsp3) is 0.125. The normalized spacial score (nSPS) is 11.3. The van der Waals surface area contributed by atoms with Gasteiger partial charge in [0.15, 0.2) is 22.1 Å². The third kappa shape index (κ3) is 5.44. The van der Waals surface area contributed by atoms with E-state index in [4.69, 9.17) is 11.6 Å². The van der Waals surface area contributed by atoms with E-state index in [0.29, 0.717) is 21.4 Å². The SMILES string of the molecule is Cn1c(=O)c2[nH]c(SCC(=O)Nc3ccc(C(=O)/C=C/c4ccc(Cl)cc4)cc3)nc2n(C)c1=O. The molecule has 0 aliphatic rings. The highest BCUT2D eigenvalue weighted by Gasteiger charge is 2.14. The Labute approximate surface area is 208 Å². The molecule has 0 aliphatic carbocycles. The average molecular weight is 510 g/mol. The lowest BCUT2D eigenvalue weighted by atomic mass is 10.1. The smallest absolute Gasteiger partial charge is 0.327 e. The molecule has 0 spiro atoms. The summed E-state index contributed by atoms with van der Waals surface area (Å²) < 4.78 is 2.26. The van der Waals surface area contributed by atoms with Gasteiger partial charge in [-0.2, -0.15) is 0 Å². The van der Waals surface area contributed by atoms with E-state index >= 15 is 0 Å². The number of hydrogen-bond donors (Lipinski definition) is 2. The number of fused-ring (bicyclic) bond motifs is 1. The number of anilines is 1. The number of nitrogens with one attached hydrogen (secondary N) is 2. The van der Waals surface area contributed by atoms with E-state index in [2.05, 4.69) is 15.3 Å². The number of thioether (sulfide) groups is 1. The Hall–Kier alpha value is -3.89. The van der Waals surface area contributed by atoms with E-state index in [1.807, 2.05) is 12.1 Å². The molecule has 9 nitrogen and oxygen atoms in total. The van der Waals surface area contributed by atoms with Crippen LogP contribution in [0.2, 0.25) is 5.02 Å². The third-order valence-electron chi connectivity index (χ3n) is 5.16. The molecule has 0 saturated carbocycles. The molecular weight excluding hydrogens is 490 g/mol. The monoisotopic (exact) mass is 509 g/mol. The first-order valence-electron chi connectivity index (χ1n) is 10.4. The fourth-order valence-electron chi connectivity index (χ4n) is 3.26. The molecule has 0 radical (unpaired) electrons. The summed E-state index contributed by atoms with van der Waals surface area (Å²) in [5.41, 5.74) is 1.34. The number of halogens is 1. The number of ketones is 1. The van der Waals surface area contributed by atoms with Gasteiger partial charge in [-0.25, -0.2) is 9.78 Å². The first-order chi connectivity index (χ1) is 16.7. The molecule has 1 amide bonds. The molecule has 2 heterocycles. The summed E-state index contributed by atoms with van der Waals surface area (Å²) in [7, 11) is 2.91. The van der Waals surface area contributed by atoms with Crippen LogP contribution < -0.4 is 16.6 Å². The number of hydrogen-bond acceptors (Lipinski definition) is 6. The highest BCUT2D eigenvalue weighted by Crippen LogP contribution is 2.18. The average Bonchev–Trinajstić information content (AvgIpc) is 3.29. The maximum absolute atomic E-state index is 12.4. The standard InChI is InChI=1S/C24H20ClN5O4S/c1-29-21-20(22(33)30(2)24(29)34)27-23(28-21)35-13-19(32)26-17-10-6-15(7-11-17)18(31)12-5-14-3-8-16(25)9-4-14/h3-12H,13H2,1-2H3,(H,26,32)(H,27,28)/b12-5+. The summed E-state index contributed by atoms with van der Waals surface area (Å²) in [5.74, 6) is -0.434. The van der Waals surface area contributed by atoms with Crippen molar-refractivity contribution in [3.05, 3.63) is 91.6 Å². The van der Waals surface area contributed by atoms with E-state index in [1.54, 1.807) is 42.5 Å². The van der Waals surface area contributed by atoms with Crippen molar-refractivity contribution in [1.29, 1.82) is 0 Å². The summed E-state index contributed by atoms with van der Waals surface area (Å²) in [6, 6.07) is 13.7. The van der Waals surface area contributed by atoms with E-state index < -0.39 is 11.2 Å². The van der Waals surface area contributed by atoms with Crippen LogP contribution in [0.4, 0.5) is 5.69 Å². The zero-order chi connectivity index (χ0) is 25.1. The molecule has 4 aromatic rings. The Morgan fingerprint density at radius 2 is 1.74 bits per heavy atom. The Kier molecular flexibility index (Phi) is 7.04. The summed E-state index contributed by atoms with van der Waals surface area (Å²) in [4.78, 5) is 56.2. The molecule has 0 aliphatic heterocycles. The Morgan fingerprint density at radius 1 is 1.06 bits per heavy atom. The van der Waals surface area contributed by atoms with Gasteiger partial charge in [-0.15, -0.1) is 0 Å². The summed E-state index contributed by atoms with van der Waals surface area (Å²) in [6.45, 7) is 0. The topological polar surface area (TPSA) is 119 Å². The molecule has 178 valence electrons. The number of carbonyl (C=O) groups is 2. The van der Waals surface area contributed by atoms with Crippen molar-refractivity contribution in [2.75, 3.05) is 11.1 Å². The number of nitrogens with zero attached hydrogens (tertiary/aromatic N) is 3. The minimum Gasteiger partial charge on any atom is -0.327 e. The van der Waals surface area contributed by atoms with Crippen molar-refractivity contribution >= 4 is 58.0 Å². The largest absolute Gasteiger partial charge is 0.332 e. The number of rotatable bonds is 7. The minimum atomic E-state index is -0.482. The van der Waals surface area contributed by atoms with Crippen molar-refractivity contribution in [2.24, 2.45) is 14.1 Å². The maximum atomic E-state index is 12.4. The maximum Gasteiger partial charge on any atom is 0.332 e. The van der Waals surface area contributed by atoms with Gasteiger partial charge < -0.3 is 10.3 Å². The number of benzene rings is 2. The van der Waals surface area contributed by atoms with Crippen LogP contribution in [0.25, 0.3) is 17.2 Å². The molecule has 0 fully saturated rings. The predicted octanol–water partition coefficient (Wildman–Crippen LogP) is 3.24. The first-order valence-corrected chi connectivity index (χ1v) is 11.8. The highest BCUT2D eigenvalue weighted by molar-refractivity contribution is 7.99. The number of imidazole rings is 1. The quantitative estimate of drug-likeness (QED) is 0.224. The van der Waals surface area contributed by atoms with Crippen LogP contribution in [0.15, 0.2) is 69.4 Å². The number of aromatic amines is 1. The zero-order valence-corrected chi connectivity index (χ0v) is 20.3. The van der Waals surface area contributed by atoms with Crippen molar-refractivity contribution in [1.82, 2.24) is 19.1 Å². The molecule has 35 heavy (non-hydrogen) atoms. The highest BCUT2D eigenvalue weighted by atomic mass is 35.5. The number of allylic oxidation sites excluding steroid dienone is 1. The number of amides is 1. The van der Waals surface area contributed by atoms with Crippen LogP contribution >= 0.6 is 23.4 Å². The lowest BCUT2D eigenvalue weighted by Gasteiger charge is -2.05. The van der Waals surface area contributed by atoms with Gasteiger partial charge in [-0.05, 0) is 48.0 Å². The number of carbonyl (C=O) groups excluding carboxylic acids is 2. The lowest BCUT2D eigenvalue weighted by molar-refractivity contribution is -0.113. The molecule has 11 heteroatoms. The molecule has 0 saturated heterocycles. The molecule has 4 rings (SSSR count). The van der Waals surface area contributed by atoms with Gasteiger partial charge in [-0.3, -0.25) is 23.5 Å². The van der Waals surface area contributed by atoms with Gasteiger partial charge in [0, 0.05) is 30.4 Å². The van der Waals surface area contributed by atoms with Gasteiger partial charge in [0.1, 0.15) is 0 Å². The number of aromatic nitrogens is 4. The first kappa shape index (κ1) is 24.2. The number of H-pyrrole nitrogens is 1. The van der Waals surface area contributed by atoms with Crippen molar-refractivity contribution in [3.63, 3.8) is 0 Å². The molecule has 2 aromatic heterocycles. The summed E-state index contributed by atoms with van der Waals surface area (Å²) >= 11 is 6.96. The van der Waals surface area contributed by atoms with Gasteiger partial charge in [-0.1, -0.05) is 41.6 Å². The Balaban J connectivity index is 1.35. The van der Waals surface area contributed by atoms with E-state index in [9.17, 15) is 19.2 Å². The van der Waals surface area contributed by atoms with Crippen LogP contribution in [-0.4, -0.2) is 36.5 Å². The lowest BCUT2D eigenvalue weighted by Crippen LogP contribution is -2.36. The van der Waals surface area contributed by atoms with Gasteiger partial charge >= 0.3 is 5.69 Å². The zero-order valence-electron chi connectivity index (χ0n) is 18.7. The second kappa shape index (κ2) is 10.2. The third-order valence-corrected chi connectivity index (χ3v) is 6.29. The van der Waals surface area contributed by atoms with Crippen molar-refractivity contribution < 1.29 is 9.59 Å². The van der Waals surface area contributed by atoms with Crippen LogP contribution in [0.1, 0.15) is 15.9 Å². The van der Waals surface area contributed by atoms with Gasteiger partial charge in [0.05, 0.1) is 5.75 Å². The van der Waals surface area contributed by atoms with E-state index in [0.717, 1.165) is 21.9 Å². The van der Waals surface area contributed by atoms with Gasteiger partial charge in [0.2, 0.25) is 5.91 Å². The van der Waals surface area contributed by atoms with Gasteiger partial charge in [0.25, 0.3) is 5.56 Å². The van der Waals surface area contributed by atoms with Crippen molar-refractivity contribution in [3.8, 4) is 0 Å². The molecule has 2 aromatic carbocycles. The minimum absolute atomic E-state index is 0.0264. The molecule has 0 unspecified atom stereocenters. The van der Waals surface area contributed by atoms with E-state index in [-0.39, 0.29) is 28.6 Å². The predicted molar refractivity (Wildman–Crippen MR) is 137 cm³/mol. The molecule has 2 N–H and O–H groups in total. The molecular formula is C24H20ClN5O4S. The molecule has 0 atom stereocenters. The van der Waals surface area contributed by atoms with Crippen LogP contribution in [0.5, 0.6) is 0 Å². The summed E-state index contributed by atoms with van der Waals surface area (Å²) in [6.07, 6.45) is 3.18. The summed E-state index contributed by atoms with van der Waals surface area (Å²) in [5, 5.41) is 3.73. The van der Waals surface area contributed by atoms with Crippen LogP contribution in [0, 0.1) is 0 Å². The fourth-order valence-corrected chi connectivity index (χ4v) is 4.06. The second-order valence-corrected chi connectivity index (χ2v) is 9.01. The van der Waals surface area contributed by atoms with Crippen LogP contribution in [0.3, 0.4) is 0 Å². The second-order valence-electron chi connectivity index (χ2n) is 7.61. The Bertz CT molecular complexity index is 1570. The van der Waals surface area contributed by atoms with E-state index in [1.165, 1.54) is 24.7 Å². The molecule has 0 bridgehead atoms. The van der Waals surface area contributed by atoms with Crippen LogP contribution in [-0.2, 0) is 18.9 Å². The number of aryl methyl sites for hydroxylation is 1. The Morgan fingerprint density at radius 3 is 2.43 bits per heavy atom. The van der Waals surface area contributed by atoms with Crippen molar-refractivity contribution in [2.45, 2.75) is 5.16 Å².